The van der Waals surface area contributed by atoms with Crippen molar-refractivity contribution < 1.29 is 13.9 Å². The Hall–Kier alpha value is -2.85. The molecule has 2 aromatic carbocycles. The van der Waals surface area contributed by atoms with Crippen LogP contribution < -0.4 is 26.9 Å². The van der Waals surface area contributed by atoms with Gasteiger partial charge in [0.05, 0.1) is 12.6 Å². The fourth-order valence-corrected chi connectivity index (χ4v) is 2.93. The van der Waals surface area contributed by atoms with E-state index in [-0.39, 0.29) is 54.7 Å². The van der Waals surface area contributed by atoms with Crippen molar-refractivity contribution in [2.75, 3.05) is 5.32 Å². The maximum atomic E-state index is 14.4. The first-order valence-corrected chi connectivity index (χ1v) is 9.74. The summed E-state index contributed by atoms with van der Waals surface area (Å²) in [5.41, 5.74) is 2.17. The van der Waals surface area contributed by atoms with E-state index in [4.69, 9.17) is 22.2 Å². The molecule has 0 aliphatic heterocycles. The number of rotatable bonds is 7. The number of carbonyl (C=O) groups excluding carboxylic acids is 1. The zero-order chi connectivity index (χ0) is 22.5. The third-order valence-electron chi connectivity index (χ3n) is 4.23. The quantitative estimate of drug-likeness (QED) is 0.247. The minimum absolute atomic E-state index is 0. The third-order valence-corrected chi connectivity index (χ3v) is 4.48. The van der Waals surface area contributed by atoms with Crippen molar-refractivity contribution in [3.05, 3.63) is 81.0 Å². The van der Waals surface area contributed by atoms with Crippen LogP contribution in [0.5, 0.6) is 5.75 Å². The number of hydrazine groups is 1. The maximum absolute atomic E-state index is 14.4. The van der Waals surface area contributed by atoms with Gasteiger partial charge in [0.2, 0.25) is 5.95 Å². The second-order valence-electron chi connectivity index (χ2n) is 6.92. The van der Waals surface area contributed by atoms with Gasteiger partial charge in [0.25, 0.3) is 11.5 Å². The average Bonchev–Trinajstić information content (AvgIpc) is 2.73. The molecule has 0 aliphatic rings. The van der Waals surface area contributed by atoms with Gasteiger partial charge in [-0.3, -0.25) is 19.6 Å². The first-order chi connectivity index (χ1) is 14.8. The molecule has 178 valence electrons. The number of carbonyl (C=O) groups is 1. The normalized spacial score (nSPS) is 10.1. The summed E-state index contributed by atoms with van der Waals surface area (Å²) < 4.78 is 21.0. The number of hydrogen-bond acceptors (Lipinski definition) is 6. The fraction of sp³-hybridized carbons (Fsp3) is 0.190. The average molecular weight is 519 g/mol. The number of nitrogens with one attached hydrogen (secondary N) is 2. The highest BCUT2D eigenvalue weighted by Gasteiger charge is 2.17. The van der Waals surface area contributed by atoms with Gasteiger partial charge < -0.3 is 10.1 Å². The Morgan fingerprint density at radius 2 is 1.88 bits per heavy atom. The molecule has 1 amide bonds. The molecule has 0 atom stereocenters. The molecule has 0 saturated carbocycles. The largest absolute Gasteiger partial charge is 0.488 e. The van der Waals surface area contributed by atoms with Crippen molar-refractivity contribution in [1.82, 2.24) is 15.0 Å². The molecule has 0 fully saturated rings. The second-order valence-corrected chi connectivity index (χ2v) is 7.36. The number of halogens is 4. The summed E-state index contributed by atoms with van der Waals surface area (Å²) in [5, 5.41) is 3.46. The number of nitrogens with two attached hydrogens (primary N) is 1. The van der Waals surface area contributed by atoms with Gasteiger partial charge >= 0.3 is 0 Å². The summed E-state index contributed by atoms with van der Waals surface area (Å²) in [6.45, 7) is 3.68. The first-order valence-electron chi connectivity index (χ1n) is 9.37. The van der Waals surface area contributed by atoms with Gasteiger partial charge in [-0.1, -0.05) is 23.7 Å². The van der Waals surface area contributed by atoms with E-state index in [9.17, 15) is 14.0 Å². The summed E-state index contributed by atoms with van der Waals surface area (Å²) >= 11 is 5.92. The number of amides is 1. The van der Waals surface area contributed by atoms with E-state index in [1.807, 2.05) is 5.43 Å². The van der Waals surface area contributed by atoms with Crippen LogP contribution in [-0.2, 0) is 6.54 Å². The van der Waals surface area contributed by atoms with Crippen LogP contribution >= 0.6 is 36.4 Å². The zero-order valence-corrected chi connectivity index (χ0v) is 20.1. The van der Waals surface area contributed by atoms with Gasteiger partial charge in [0.15, 0.2) is 11.6 Å². The highest BCUT2D eigenvalue weighted by molar-refractivity contribution is 6.30. The Morgan fingerprint density at radius 3 is 2.45 bits per heavy atom. The van der Waals surface area contributed by atoms with Gasteiger partial charge in [-0.25, -0.2) is 15.2 Å². The first kappa shape index (κ1) is 28.2. The molecule has 3 rings (SSSR count). The standard InChI is InChI=1S/C21H21ClFN5O3.2ClH/c1-12(2)31-18-8-7-15(9-17(18)23)26-21-25-10-16(19(29)27-24)20(30)28(21)11-13-3-5-14(22)6-4-13;;/h3-10,12H,11,24H2,1-2H3,(H,25,26)(H,27,29);2*1H. The van der Waals surface area contributed by atoms with E-state index < -0.39 is 17.3 Å². The molecule has 33 heavy (non-hydrogen) atoms. The van der Waals surface area contributed by atoms with Crippen molar-refractivity contribution in [1.29, 1.82) is 0 Å². The Kier molecular flexibility index (Phi) is 10.6. The highest BCUT2D eigenvalue weighted by Crippen LogP contribution is 2.24. The minimum Gasteiger partial charge on any atom is -0.488 e. The van der Waals surface area contributed by atoms with Gasteiger partial charge in [0, 0.05) is 23.0 Å². The second kappa shape index (κ2) is 12.4. The minimum atomic E-state index is -0.768. The summed E-state index contributed by atoms with van der Waals surface area (Å²) in [6, 6.07) is 11.2. The lowest BCUT2D eigenvalue weighted by Crippen LogP contribution is -2.37. The summed E-state index contributed by atoms with van der Waals surface area (Å²) in [6.07, 6.45) is 0.929. The van der Waals surface area contributed by atoms with Gasteiger partial charge in [0.1, 0.15) is 5.56 Å². The molecule has 1 heterocycles. The van der Waals surface area contributed by atoms with Crippen LogP contribution in [0, 0.1) is 5.82 Å². The van der Waals surface area contributed by atoms with Crippen molar-refractivity contribution in [3.63, 3.8) is 0 Å². The highest BCUT2D eigenvalue weighted by atomic mass is 35.5. The van der Waals surface area contributed by atoms with Crippen LogP contribution in [-0.4, -0.2) is 21.6 Å². The van der Waals surface area contributed by atoms with Crippen LogP contribution in [0.4, 0.5) is 16.0 Å². The van der Waals surface area contributed by atoms with Crippen LogP contribution in [0.2, 0.25) is 5.02 Å². The number of ether oxygens (including phenoxy) is 1. The lowest BCUT2D eigenvalue weighted by atomic mass is 10.2. The molecule has 1 aromatic heterocycles. The molecular formula is C21H23Cl3FN5O3. The summed E-state index contributed by atoms with van der Waals surface area (Å²) in [7, 11) is 0. The Balaban J connectivity index is 0.00000272. The van der Waals surface area contributed by atoms with Crippen LogP contribution in [0.25, 0.3) is 0 Å². The molecule has 0 bridgehead atoms. The van der Waals surface area contributed by atoms with Crippen LogP contribution in [0.15, 0.2) is 53.5 Å². The zero-order valence-electron chi connectivity index (χ0n) is 17.7. The van der Waals surface area contributed by atoms with E-state index in [0.29, 0.717) is 10.7 Å². The Labute approximate surface area is 207 Å². The van der Waals surface area contributed by atoms with Crippen molar-refractivity contribution in [2.24, 2.45) is 5.84 Å². The van der Waals surface area contributed by atoms with Gasteiger partial charge in [-0.15, -0.1) is 24.8 Å². The number of benzene rings is 2. The van der Waals surface area contributed by atoms with Crippen molar-refractivity contribution in [2.45, 2.75) is 26.5 Å². The number of nitrogen functional groups attached to an aromatic ring is 1. The van der Waals surface area contributed by atoms with E-state index in [2.05, 4.69) is 10.3 Å². The smallest absolute Gasteiger partial charge is 0.272 e. The lowest BCUT2D eigenvalue weighted by molar-refractivity contribution is 0.0951. The molecule has 0 aliphatic carbocycles. The van der Waals surface area contributed by atoms with Crippen LogP contribution in [0.3, 0.4) is 0 Å². The third kappa shape index (κ3) is 7.06. The molecule has 8 nitrogen and oxygen atoms in total. The summed E-state index contributed by atoms with van der Waals surface area (Å²) in [5.74, 6) is 4.06. The van der Waals surface area contributed by atoms with Gasteiger partial charge in [-0.05, 0) is 43.7 Å². The predicted octanol–water partition coefficient (Wildman–Crippen LogP) is 4.06. The topological polar surface area (TPSA) is 111 Å². The number of nitrogens with zero attached hydrogens (tertiary/aromatic N) is 2. The monoisotopic (exact) mass is 517 g/mol. The van der Waals surface area contributed by atoms with Crippen molar-refractivity contribution >= 4 is 54.0 Å². The molecule has 3 aromatic rings. The van der Waals surface area contributed by atoms with Gasteiger partial charge in [-0.2, -0.15) is 0 Å². The maximum Gasteiger partial charge on any atom is 0.272 e. The molecule has 0 saturated heterocycles. The molecule has 0 unspecified atom stereocenters. The molecule has 0 radical (unpaired) electrons. The van der Waals surface area contributed by atoms with E-state index in [1.165, 1.54) is 16.7 Å². The summed E-state index contributed by atoms with van der Waals surface area (Å²) in [4.78, 5) is 29.0. The molecule has 12 heteroatoms. The SMILES string of the molecule is CC(C)Oc1ccc(Nc2ncc(C(=O)NN)c(=O)n2Cc2ccc(Cl)cc2)cc1F.Cl.Cl. The van der Waals surface area contributed by atoms with E-state index in [0.717, 1.165) is 11.8 Å². The van der Waals surface area contributed by atoms with Crippen LogP contribution in [0.1, 0.15) is 29.8 Å². The molecule has 0 spiro atoms. The molecule has 4 N–H and O–H groups in total. The number of anilines is 2. The van der Waals surface area contributed by atoms with Crippen molar-refractivity contribution in [3.8, 4) is 5.75 Å². The Morgan fingerprint density at radius 1 is 1.21 bits per heavy atom. The lowest BCUT2D eigenvalue weighted by Gasteiger charge is -2.16. The number of hydrogen-bond donors (Lipinski definition) is 3. The number of aromatic nitrogens is 2. The fourth-order valence-electron chi connectivity index (χ4n) is 2.80. The predicted molar refractivity (Wildman–Crippen MR) is 131 cm³/mol. The Bertz CT molecular complexity index is 1160. The van der Waals surface area contributed by atoms with E-state index in [1.54, 1.807) is 44.2 Å². The van der Waals surface area contributed by atoms with E-state index >= 15 is 0 Å². The molecular weight excluding hydrogens is 496 g/mol.